The number of amides is 2. The predicted molar refractivity (Wildman–Crippen MR) is 145 cm³/mol. The van der Waals surface area contributed by atoms with Crippen molar-refractivity contribution in [2.45, 2.75) is 13.5 Å². The number of anilines is 1. The number of rotatable bonds is 4. The van der Waals surface area contributed by atoms with Crippen molar-refractivity contribution in [1.82, 2.24) is 9.88 Å². The number of thiocarbonyl (C=S) groups is 1. The lowest BCUT2D eigenvalue weighted by Gasteiger charge is -2.29. The van der Waals surface area contributed by atoms with E-state index >= 15 is 0 Å². The maximum Gasteiger partial charge on any atom is 0.270 e. The van der Waals surface area contributed by atoms with Gasteiger partial charge in [-0.1, -0.05) is 77.3 Å². The minimum Gasteiger partial charge on any atom is -0.342 e. The van der Waals surface area contributed by atoms with E-state index in [0.29, 0.717) is 12.2 Å². The van der Waals surface area contributed by atoms with Gasteiger partial charge in [0.1, 0.15) is 5.57 Å². The molecule has 2 heterocycles. The second-order valence-electron chi connectivity index (χ2n) is 8.25. The molecule has 1 aromatic heterocycles. The highest BCUT2D eigenvalue weighted by Crippen LogP contribution is 2.35. The summed E-state index contributed by atoms with van der Waals surface area (Å²) in [5, 5.41) is 3.92. The van der Waals surface area contributed by atoms with E-state index in [4.69, 9.17) is 35.4 Å². The van der Waals surface area contributed by atoms with Gasteiger partial charge in [0.05, 0.1) is 15.7 Å². The van der Waals surface area contributed by atoms with Crippen molar-refractivity contribution in [3.63, 3.8) is 0 Å². The number of hydrogen-bond donors (Lipinski definition) is 1. The lowest BCUT2D eigenvalue weighted by molar-refractivity contribution is -0.122. The Morgan fingerprint density at radius 2 is 1.71 bits per heavy atom. The minimum atomic E-state index is -0.571. The Labute approximate surface area is 217 Å². The van der Waals surface area contributed by atoms with Crippen LogP contribution >= 0.6 is 35.4 Å². The van der Waals surface area contributed by atoms with Gasteiger partial charge < -0.3 is 4.57 Å². The maximum absolute atomic E-state index is 13.5. The molecule has 3 aromatic carbocycles. The summed E-state index contributed by atoms with van der Waals surface area (Å²) in [6.45, 7) is 2.70. The standard InChI is InChI=1S/C27H19Cl2N3O2S/c1-16-9-11-17(12-10-16)14-31-15-18(19-5-2-3-7-22(19)31)13-20-25(33)30-27(35)32(26(20)34)23-8-4-6-21(28)24(23)29/h2-13,15H,14H2,1H3,(H,30,33,35)/b20-13+. The van der Waals surface area contributed by atoms with Gasteiger partial charge in [-0.3, -0.25) is 19.8 Å². The summed E-state index contributed by atoms with van der Waals surface area (Å²) in [5.41, 5.74) is 4.34. The topological polar surface area (TPSA) is 54.3 Å². The average molecular weight is 520 g/mol. The molecule has 1 aliphatic rings. The molecule has 0 bridgehead atoms. The summed E-state index contributed by atoms with van der Waals surface area (Å²) in [5.74, 6) is -1.14. The molecule has 8 heteroatoms. The average Bonchev–Trinajstić information content (AvgIpc) is 3.18. The van der Waals surface area contributed by atoms with E-state index in [2.05, 4.69) is 41.1 Å². The molecule has 0 unspecified atom stereocenters. The number of carbonyl (C=O) groups excluding carboxylic acids is 2. The number of fused-ring (bicyclic) bond motifs is 1. The number of hydrogen-bond acceptors (Lipinski definition) is 3. The third kappa shape index (κ3) is 4.36. The van der Waals surface area contributed by atoms with Gasteiger partial charge >= 0.3 is 0 Å². The number of benzene rings is 3. The van der Waals surface area contributed by atoms with Crippen molar-refractivity contribution >= 4 is 75.0 Å². The van der Waals surface area contributed by atoms with Gasteiger partial charge in [-0.15, -0.1) is 0 Å². The summed E-state index contributed by atoms with van der Waals surface area (Å²) >= 11 is 17.8. The molecule has 5 rings (SSSR count). The van der Waals surface area contributed by atoms with Gasteiger partial charge in [0.2, 0.25) is 0 Å². The number of nitrogens with zero attached hydrogens (tertiary/aromatic N) is 2. The maximum atomic E-state index is 13.5. The van der Waals surface area contributed by atoms with E-state index in [0.717, 1.165) is 22.0 Å². The molecule has 5 nitrogen and oxygen atoms in total. The van der Waals surface area contributed by atoms with E-state index in [1.54, 1.807) is 24.3 Å². The Bertz CT molecular complexity index is 1540. The Kier molecular flexibility index (Phi) is 6.19. The highest BCUT2D eigenvalue weighted by molar-refractivity contribution is 7.80. The van der Waals surface area contributed by atoms with Gasteiger partial charge in [0.15, 0.2) is 5.11 Å². The molecule has 4 aromatic rings. The molecule has 35 heavy (non-hydrogen) atoms. The van der Waals surface area contributed by atoms with Crippen molar-refractivity contribution in [1.29, 1.82) is 0 Å². The third-order valence-corrected chi connectivity index (χ3v) is 6.96. The first-order valence-electron chi connectivity index (χ1n) is 10.8. The monoisotopic (exact) mass is 519 g/mol. The van der Waals surface area contributed by atoms with Gasteiger partial charge in [-0.25, -0.2) is 0 Å². The first kappa shape index (κ1) is 23.3. The fraction of sp³-hybridized carbons (Fsp3) is 0.0741. The number of nitrogens with one attached hydrogen (secondary N) is 1. The van der Waals surface area contributed by atoms with E-state index in [9.17, 15) is 9.59 Å². The van der Waals surface area contributed by atoms with Crippen LogP contribution in [0.5, 0.6) is 0 Å². The van der Waals surface area contributed by atoms with Crippen LogP contribution in [0.25, 0.3) is 17.0 Å². The molecule has 0 spiro atoms. The number of aromatic nitrogens is 1. The smallest absolute Gasteiger partial charge is 0.270 e. The summed E-state index contributed by atoms with van der Waals surface area (Å²) in [4.78, 5) is 27.5. The summed E-state index contributed by atoms with van der Waals surface area (Å²) in [6, 6.07) is 21.1. The van der Waals surface area contributed by atoms with Gasteiger partial charge in [0, 0.05) is 29.2 Å². The summed E-state index contributed by atoms with van der Waals surface area (Å²) < 4.78 is 2.11. The highest BCUT2D eigenvalue weighted by Gasteiger charge is 2.36. The molecule has 1 saturated heterocycles. The molecule has 1 fully saturated rings. The van der Waals surface area contributed by atoms with Crippen LogP contribution in [0.15, 0.2) is 78.5 Å². The molecule has 174 valence electrons. The van der Waals surface area contributed by atoms with Crippen LogP contribution in [-0.4, -0.2) is 21.5 Å². The van der Waals surface area contributed by atoms with E-state index < -0.39 is 11.8 Å². The van der Waals surface area contributed by atoms with Crippen molar-refractivity contribution in [2.75, 3.05) is 4.90 Å². The van der Waals surface area contributed by atoms with Gasteiger partial charge in [-0.2, -0.15) is 0 Å². The van der Waals surface area contributed by atoms with Crippen LogP contribution in [0, 0.1) is 6.92 Å². The predicted octanol–water partition coefficient (Wildman–Crippen LogP) is 6.14. The molecule has 0 atom stereocenters. The second kappa shape index (κ2) is 9.30. The van der Waals surface area contributed by atoms with Crippen LogP contribution in [-0.2, 0) is 16.1 Å². The molecule has 1 N–H and O–H groups in total. The molecule has 0 radical (unpaired) electrons. The summed E-state index contributed by atoms with van der Waals surface area (Å²) in [7, 11) is 0. The Morgan fingerprint density at radius 3 is 2.49 bits per heavy atom. The lowest BCUT2D eigenvalue weighted by atomic mass is 10.1. The van der Waals surface area contributed by atoms with Crippen LogP contribution in [0.4, 0.5) is 5.69 Å². The van der Waals surface area contributed by atoms with Crippen LogP contribution in [0.3, 0.4) is 0 Å². The number of carbonyl (C=O) groups is 2. The zero-order valence-electron chi connectivity index (χ0n) is 18.6. The van der Waals surface area contributed by atoms with Crippen molar-refractivity contribution < 1.29 is 9.59 Å². The quantitative estimate of drug-likeness (QED) is 0.200. The van der Waals surface area contributed by atoms with E-state index in [1.807, 2.05) is 30.5 Å². The van der Waals surface area contributed by atoms with Crippen molar-refractivity contribution in [3.8, 4) is 0 Å². The minimum absolute atomic E-state index is 0.0483. The van der Waals surface area contributed by atoms with E-state index in [1.165, 1.54) is 10.5 Å². The Hall–Kier alpha value is -3.45. The molecule has 2 amide bonds. The first-order valence-corrected chi connectivity index (χ1v) is 12.0. The van der Waals surface area contributed by atoms with Gasteiger partial charge in [0.25, 0.3) is 11.8 Å². The highest BCUT2D eigenvalue weighted by atomic mass is 35.5. The molecular weight excluding hydrogens is 501 g/mol. The normalized spacial score (nSPS) is 15.2. The SMILES string of the molecule is Cc1ccc(Cn2cc(/C=C3\C(=O)NC(=S)N(c4cccc(Cl)c4Cl)C3=O)c3ccccc32)cc1. The summed E-state index contributed by atoms with van der Waals surface area (Å²) in [6.07, 6.45) is 3.54. The largest absolute Gasteiger partial charge is 0.342 e. The molecule has 0 aliphatic carbocycles. The fourth-order valence-corrected chi connectivity index (χ4v) is 4.76. The van der Waals surface area contributed by atoms with Gasteiger partial charge in [-0.05, 0) is 49.0 Å². The number of aryl methyl sites for hydroxylation is 1. The molecular formula is C27H19Cl2N3O2S. The number of halogens is 2. The fourth-order valence-electron chi connectivity index (χ4n) is 4.11. The van der Waals surface area contributed by atoms with Crippen molar-refractivity contribution in [2.24, 2.45) is 0 Å². The molecule has 0 saturated carbocycles. The zero-order chi connectivity index (χ0) is 24.7. The van der Waals surface area contributed by atoms with Crippen LogP contribution < -0.4 is 10.2 Å². The number of para-hydroxylation sites is 1. The van der Waals surface area contributed by atoms with Crippen LogP contribution in [0.1, 0.15) is 16.7 Å². The Morgan fingerprint density at radius 1 is 0.971 bits per heavy atom. The van der Waals surface area contributed by atoms with Crippen LogP contribution in [0.2, 0.25) is 10.0 Å². The lowest BCUT2D eigenvalue weighted by Crippen LogP contribution is -2.54. The third-order valence-electron chi connectivity index (χ3n) is 5.87. The van der Waals surface area contributed by atoms with E-state index in [-0.39, 0.29) is 20.7 Å². The first-order chi connectivity index (χ1) is 16.8. The second-order valence-corrected chi connectivity index (χ2v) is 9.42. The molecule has 1 aliphatic heterocycles. The Balaban J connectivity index is 1.58. The zero-order valence-corrected chi connectivity index (χ0v) is 20.9. The van der Waals surface area contributed by atoms with Crippen molar-refractivity contribution in [3.05, 3.63) is 105 Å².